The van der Waals surface area contributed by atoms with E-state index in [-0.39, 0.29) is 17.9 Å². The lowest BCUT2D eigenvalue weighted by Gasteiger charge is -2.32. The largest absolute Gasteiger partial charge is 0.342 e. The number of hydrogen-bond donors (Lipinski definition) is 1. The van der Waals surface area contributed by atoms with Gasteiger partial charge in [0.15, 0.2) is 0 Å². The van der Waals surface area contributed by atoms with Gasteiger partial charge >= 0.3 is 0 Å². The quantitative estimate of drug-likeness (QED) is 0.729. The molecule has 16 heavy (non-hydrogen) atoms. The molecular weight excluding hydrogens is 204 g/mol. The Labute approximate surface area is 96.7 Å². The minimum Gasteiger partial charge on any atom is -0.342 e. The average molecular weight is 224 g/mol. The summed E-state index contributed by atoms with van der Waals surface area (Å²) >= 11 is 0. The Bertz CT molecular complexity index is 310. The Morgan fingerprint density at radius 2 is 2.19 bits per heavy atom. The lowest BCUT2D eigenvalue weighted by molar-refractivity contribution is -0.139. The predicted octanol–water partition coefficient (Wildman–Crippen LogP) is 1.08. The van der Waals surface area contributed by atoms with Crippen molar-refractivity contribution in [2.75, 3.05) is 6.54 Å². The van der Waals surface area contributed by atoms with E-state index in [1.54, 1.807) is 24.8 Å². The van der Waals surface area contributed by atoms with Gasteiger partial charge in [0.25, 0.3) is 0 Å². The van der Waals surface area contributed by atoms with Gasteiger partial charge in [-0.2, -0.15) is 0 Å². The Morgan fingerprint density at radius 3 is 2.75 bits per heavy atom. The highest BCUT2D eigenvalue weighted by atomic mass is 16.2. The van der Waals surface area contributed by atoms with Gasteiger partial charge in [-0.1, -0.05) is 6.08 Å². The van der Waals surface area contributed by atoms with Gasteiger partial charge < -0.3 is 10.2 Å². The number of amides is 2. The van der Waals surface area contributed by atoms with Gasteiger partial charge in [-0.15, -0.1) is 6.58 Å². The van der Waals surface area contributed by atoms with Crippen LogP contribution in [-0.4, -0.2) is 34.8 Å². The Hall–Kier alpha value is -1.32. The highest BCUT2D eigenvalue weighted by molar-refractivity contribution is 5.93. The van der Waals surface area contributed by atoms with Crippen molar-refractivity contribution in [1.82, 2.24) is 10.2 Å². The van der Waals surface area contributed by atoms with Gasteiger partial charge in [0, 0.05) is 19.0 Å². The summed E-state index contributed by atoms with van der Waals surface area (Å²) in [6.07, 6.45) is 2.91. The molecule has 0 radical (unpaired) electrons. The van der Waals surface area contributed by atoms with Crippen molar-refractivity contribution >= 4 is 11.8 Å². The second-order valence-corrected chi connectivity index (χ2v) is 4.80. The van der Waals surface area contributed by atoms with Crippen LogP contribution in [0.1, 0.15) is 33.6 Å². The molecule has 0 aromatic heterocycles. The van der Waals surface area contributed by atoms with Crippen molar-refractivity contribution in [3.05, 3.63) is 12.7 Å². The molecular formula is C12H20N2O2. The fourth-order valence-electron chi connectivity index (χ4n) is 1.94. The fraction of sp³-hybridized carbons (Fsp3) is 0.667. The molecule has 1 heterocycles. The molecule has 1 saturated heterocycles. The molecule has 1 aliphatic rings. The first kappa shape index (κ1) is 12.7. The normalized spacial score (nSPS) is 22.3. The van der Waals surface area contributed by atoms with Crippen LogP contribution >= 0.6 is 0 Å². The summed E-state index contributed by atoms with van der Waals surface area (Å²) in [7, 11) is 0. The summed E-state index contributed by atoms with van der Waals surface area (Å²) in [5, 5.41) is 2.74. The van der Waals surface area contributed by atoms with Crippen LogP contribution in [-0.2, 0) is 9.59 Å². The van der Waals surface area contributed by atoms with E-state index < -0.39 is 5.54 Å². The maximum atomic E-state index is 12.2. The number of hydrogen-bond acceptors (Lipinski definition) is 2. The van der Waals surface area contributed by atoms with Gasteiger partial charge in [-0.25, -0.2) is 0 Å². The van der Waals surface area contributed by atoms with Gasteiger partial charge in [0.1, 0.15) is 5.54 Å². The molecule has 1 rings (SSSR count). The van der Waals surface area contributed by atoms with Gasteiger partial charge in [0.05, 0.1) is 0 Å². The Morgan fingerprint density at radius 1 is 1.56 bits per heavy atom. The van der Waals surface area contributed by atoms with Crippen molar-refractivity contribution in [3.8, 4) is 0 Å². The smallest absolute Gasteiger partial charge is 0.248 e. The zero-order chi connectivity index (χ0) is 12.3. The highest BCUT2D eigenvalue weighted by Crippen LogP contribution is 2.17. The van der Waals surface area contributed by atoms with E-state index >= 15 is 0 Å². The Kier molecular flexibility index (Phi) is 3.73. The third-order valence-corrected chi connectivity index (χ3v) is 2.87. The zero-order valence-corrected chi connectivity index (χ0v) is 10.2. The van der Waals surface area contributed by atoms with Crippen LogP contribution in [0.5, 0.6) is 0 Å². The second kappa shape index (κ2) is 4.68. The summed E-state index contributed by atoms with van der Waals surface area (Å²) < 4.78 is 0. The van der Waals surface area contributed by atoms with Crippen LogP contribution in [0.4, 0.5) is 0 Å². The van der Waals surface area contributed by atoms with Crippen LogP contribution < -0.4 is 5.32 Å². The third-order valence-electron chi connectivity index (χ3n) is 2.87. The summed E-state index contributed by atoms with van der Waals surface area (Å²) in [5.41, 5.74) is -0.803. The number of carbonyl (C=O) groups excluding carboxylic acids is 2. The molecule has 0 aliphatic carbocycles. The van der Waals surface area contributed by atoms with E-state index in [2.05, 4.69) is 11.9 Å². The van der Waals surface area contributed by atoms with Crippen LogP contribution in [0.3, 0.4) is 0 Å². The minimum absolute atomic E-state index is 0.0206. The van der Waals surface area contributed by atoms with E-state index in [9.17, 15) is 9.59 Å². The summed E-state index contributed by atoms with van der Waals surface area (Å²) in [5.74, 6) is -0.0839. The lowest BCUT2D eigenvalue weighted by atomic mass is 10.0. The molecule has 1 fully saturated rings. The lowest BCUT2D eigenvalue weighted by Crippen LogP contribution is -2.54. The summed E-state index contributed by atoms with van der Waals surface area (Å²) in [4.78, 5) is 25.4. The first-order chi connectivity index (χ1) is 7.38. The van der Waals surface area contributed by atoms with E-state index in [1.807, 2.05) is 6.92 Å². The molecule has 1 aliphatic heterocycles. The number of carbonyl (C=O) groups is 2. The average Bonchev–Trinajstić information content (AvgIpc) is 2.25. The van der Waals surface area contributed by atoms with E-state index in [1.165, 1.54) is 0 Å². The number of nitrogens with one attached hydrogen (secondary N) is 1. The van der Waals surface area contributed by atoms with Crippen LogP contribution in [0.2, 0.25) is 0 Å². The number of nitrogens with zero attached hydrogens (tertiary/aromatic N) is 1. The first-order valence-corrected chi connectivity index (χ1v) is 5.61. The minimum atomic E-state index is -0.803. The molecule has 4 nitrogen and oxygen atoms in total. The maximum Gasteiger partial charge on any atom is 0.248 e. The van der Waals surface area contributed by atoms with Crippen molar-refractivity contribution in [2.24, 2.45) is 0 Å². The zero-order valence-electron chi connectivity index (χ0n) is 10.2. The second-order valence-electron chi connectivity index (χ2n) is 4.80. The molecule has 90 valence electrons. The third kappa shape index (κ3) is 2.62. The van der Waals surface area contributed by atoms with Crippen molar-refractivity contribution in [1.29, 1.82) is 0 Å². The molecule has 1 unspecified atom stereocenters. The van der Waals surface area contributed by atoms with Crippen LogP contribution in [0.15, 0.2) is 12.7 Å². The summed E-state index contributed by atoms with van der Waals surface area (Å²) in [6.45, 7) is 9.63. The highest BCUT2D eigenvalue weighted by Gasteiger charge is 2.37. The van der Waals surface area contributed by atoms with Gasteiger partial charge in [0.2, 0.25) is 11.8 Å². The number of rotatable bonds is 3. The van der Waals surface area contributed by atoms with Gasteiger partial charge in [-0.05, 0) is 27.2 Å². The molecule has 4 heteroatoms. The van der Waals surface area contributed by atoms with E-state index in [0.29, 0.717) is 13.0 Å². The van der Waals surface area contributed by atoms with Crippen LogP contribution in [0.25, 0.3) is 0 Å². The van der Waals surface area contributed by atoms with Crippen molar-refractivity contribution in [2.45, 2.75) is 45.2 Å². The standard InChI is InChI=1S/C12H20N2O2/c1-5-6-9(2)14-8-7-10(15)13-12(3,4)11(14)16/h5,9H,1,6-8H2,2-4H3,(H,13,15). The molecule has 1 N–H and O–H groups in total. The van der Waals surface area contributed by atoms with Crippen LogP contribution in [0, 0.1) is 0 Å². The molecule has 0 aromatic carbocycles. The first-order valence-electron chi connectivity index (χ1n) is 5.61. The van der Waals surface area contributed by atoms with E-state index in [4.69, 9.17) is 0 Å². The fourth-order valence-corrected chi connectivity index (χ4v) is 1.94. The molecule has 0 aromatic rings. The topological polar surface area (TPSA) is 49.4 Å². The molecule has 1 atom stereocenters. The predicted molar refractivity (Wildman–Crippen MR) is 62.8 cm³/mol. The van der Waals surface area contributed by atoms with Crippen molar-refractivity contribution in [3.63, 3.8) is 0 Å². The Balaban J connectivity index is 2.88. The maximum absolute atomic E-state index is 12.2. The summed E-state index contributed by atoms with van der Waals surface area (Å²) in [6, 6.07) is 0.0944. The van der Waals surface area contributed by atoms with E-state index in [0.717, 1.165) is 6.42 Å². The van der Waals surface area contributed by atoms with Gasteiger partial charge in [-0.3, -0.25) is 9.59 Å². The monoisotopic (exact) mass is 224 g/mol. The molecule has 0 saturated carbocycles. The molecule has 0 bridgehead atoms. The molecule has 0 spiro atoms. The SMILES string of the molecule is C=CCC(C)N1CCC(=O)NC(C)(C)C1=O. The molecule has 2 amide bonds. The van der Waals surface area contributed by atoms with Crippen molar-refractivity contribution < 1.29 is 9.59 Å².